The topological polar surface area (TPSA) is 171 Å². The van der Waals surface area contributed by atoms with Gasteiger partial charge in [-0.05, 0) is 44.7 Å². The number of aldehydes is 1. The van der Waals surface area contributed by atoms with Crippen molar-refractivity contribution in [2.45, 2.75) is 69.5 Å². The molecule has 1 heterocycles. The van der Waals surface area contributed by atoms with Gasteiger partial charge in [-0.3, -0.25) is 19.6 Å². The third-order valence-electron chi connectivity index (χ3n) is 6.28. The molecular formula is C24H33N7O3. The largest absolute Gasteiger partial charge is 0.370 e. The van der Waals surface area contributed by atoms with Crippen LogP contribution in [0.15, 0.2) is 35.5 Å². The van der Waals surface area contributed by atoms with Crippen LogP contribution in [0.5, 0.6) is 0 Å². The van der Waals surface area contributed by atoms with E-state index in [1.165, 1.54) is 11.1 Å². The number of carbonyl (C=O) groups is 3. The van der Waals surface area contributed by atoms with Crippen LogP contribution in [0.25, 0.3) is 11.0 Å². The summed E-state index contributed by atoms with van der Waals surface area (Å²) in [6.07, 6.45) is 6.50. The number of nitrogens with two attached hydrogens (primary N) is 3. The molecule has 182 valence electrons. The number of Topliss-reactive ketones (excluding diaryl/α,β-unsaturated/α-hetero) is 1. The van der Waals surface area contributed by atoms with Crippen LogP contribution in [0.3, 0.4) is 0 Å². The highest BCUT2D eigenvalue weighted by atomic mass is 16.2. The summed E-state index contributed by atoms with van der Waals surface area (Å²) in [5.41, 5.74) is 16.3. The van der Waals surface area contributed by atoms with Gasteiger partial charge in [-0.1, -0.05) is 31.4 Å². The van der Waals surface area contributed by atoms with Gasteiger partial charge in [0.1, 0.15) is 5.69 Å². The van der Waals surface area contributed by atoms with Crippen molar-refractivity contribution in [1.29, 1.82) is 0 Å². The van der Waals surface area contributed by atoms with Crippen LogP contribution in [0.2, 0.25) is 0 Å². The van der Waals surface area contributed by atoms with Gasteiger partial charge in [0.05, 0.1) is 23.3 Å². The average molecular weight is 468 g/mol. The molecule has 1 aromatic carbocycles. The van der Waals surface area contributed by atoms with E-state index in [-0.39, 0.29) is 30.7 Å². The third-order valence-corrected chi connectivity index (χ3v) is 6.28. The highest BCUT2D eigenvalue weighted by Crippen LogP contribution is 2.33. The SMILES string of the molecule is C[C@H](N)C(=O)N(C1CCCCC1)[C@](C=O)(CCCN=C(N)N)C(=O)c1cnc2ccccc2n1. The molecule has 1 aliphatic rings. The molecule has 0 aliphatic heterocycles. The number of amides is 1. The predicted molar refractivity (Wildman–Crippen MR) is 130 cm³/mol. The first-order chi connectivity index (χ1) is 16.3. The van der Waals surface area contributed by atoms with Gasteiger partial charge in [0.2, 0.25) is 11.7 Å². The second-order valence-electron chi connectivity index (χ2n) is 8.81. The number of carbonyl (C=O) groups excluding carboxylic acids is 3. The second kappa shape index (κ2) is 11.1. The first kappa shape index (κ1) is 25.2. The molecule has 1 aromatic heterocycles. The highest BCUT2D eigenvalue weighted by Gasteiger charge is 2.50. The van der Waals surface area contributed by atoms with E-state index in [2.05, 4.69) is 15.0 Å². The van der Waals surface area contributed by atoms with E-state index in [9.17, 15) is 14.4 Å². The maximum absolute atomic E-state index is 14.0. The molecule has 0 bridgehead atoms. The smallest absolute Gasteiger partial charge is 0.240 e. The second-order valence-corrected chi connectivity index (χ2v) is 8.81. The Kier molecular flexibility index (Phi) is 8.27. The monoisotopic (exact) mass is 467 g/mol. The molecule has 3 rings (SSSR count). The predicted octanol–water partition coefficient (Wildman–Crippen LogP) is 1.31. The number of rotatable bonds is 10. The molecule has 2 atom stereocenters. The van der Waals surface area contributed by atoms with Crippen molar-refractivity contribution < 1.29 is 14.4 Å². The van der Waals surface area contributed by atoms with Gasteiger partial charge in [-0.2, -0.15) is 0 Å². The van der Waals surface area contributed by atoms with Crippen LogP contribution < -0.4 is 17.2 Å². The van der Waals surface area contributed by atoms with Gasteiger partial charge >= 0.3 is 0 Å². The van der Waals surface area contributed by atoms with Crippen LogP contribution in [0.4, 0.5) is 0 Å². The summed E-state index contributed by atoms with van der Waals surface area (Å²) in [4.78, 5) is 54.5. The minimum Gasteiger partial charge on any atom is -0.370 e. The van der Waals surface area contributed by atoms with E-state index < -0.39 is 23.3 Å². The molecule has 34 heavy (non-hydrogen) atoms. The number of aliphatic imine (C=N–C) groups is 1. The Hall–Kier alpha value is -3.40. The minimum atomic E-state index is -1.79. The van der Waals surface area contributed by atoms with Gasteiger partial charge in [-0.25, -0.2) is 4.98 Å². The fourth-order valence-electron chi connectivity index (χ4n) is 4.62. The quantitative estimate of drug-likeness (QED) is 0.117. The van der Waals surface area contributed by atoms with Gasteiger partial charge < -0.3 is 26.9 Å². The van der Waals surface area contributed by atoms with Crippen molar-refractivity contribution in [3.63, 3.8) is 0 Å². The zero-order valence-electron chi connectivity index (χ0n) is 19.5. The van der Waals surface area contributed by atoms with E-state index in [0.717, 1.165) is 19.3 Å². The summed E-state index contributed by atoms with van der Waals surface area (Å²) in [6, 6.07) is 5.98. The van der Waals surface area contributed by atoms with Crippen molar-refractivity contribution in [3.8, 4) is 0 Å². The van der Waals surface area contributed by atoms with Crippen molar-refractivity contribution in [1.82, 2.24) is 14.9 Å². The number of aromatic nitrogens is 2. The van der Waals surface area contributed by atoms with E-state index in [4.69, 9.17) is 17.2 Å². The van der Waals surface area contributed by atoms with E-state index in [1.807, 2.05) is 6.07 Å². The van der Waals surface area contributed by atoms with Crippen LogP contribution >= 0.6 is 0 Å². The fraction of sp³-hybridized carbons (Fsp3) is 0.500. The van der Waals surface area contributed by atoms with Crippen molar-refractivity contribution in [2.24, 2.45) is 22.2 Å². The molecule has 10 heteroatoms. The zero-order chi connectivity index (χ0) is 24.7. The Balaban J connectivity index is 2.10. The molecule has 0 spiro atoms. The van der Waals surface area contributed by atoms with Crippen molar-refractivity contribution in [3.05, 3.63) is 36.2 Å². The lowest BCUT2D eigenvalue weighted by atomic mass is 9.81. The number of nitrogens with zero attached hydrogens (tertiary/aromatic N) is 4. The maximum atomic E-state index is 14.0. The van der Waals surface area contributed by atoms with Crippen LogP contribution in [-0.4, -0.2) is 63.0 Å². The summed E-state index contributed by atoms with van der Waals surface area (Å²) in [7, 11) is 0. The lowest BCUT2D eigenvalue weighted by molar-refractivity contribution is -0.145. The zero-order valence-corrected chi connectivity index (χ0v) is 19.5. The Bertz CT molecular complexity index is 1060. The van der Waals surface area contributed by atoms with Crippen LogP contribution in [0, 0.1) is 0 Å². The Morgan fingerprint density at radius 2 is 1.88 bits per heavy atom. The number of benzene rings is 1. The highest BCUT2D eigenvalue weighted by molar-refractivity contribution is 6.14. The molecule has 1 aliphatic carbocycles. The molecule has 0 unspecified atom stereocenters. The Morgan fingerprint density at radius 3 is 2.50 bits per heavy atom. The summed E-state index contributed by atoms with van der Waals surface area (Å²) < 4.78 is 0. The summed E-state index contributed by atoms with van der Waals surface area (Å²) in [6.45, 7) is 1.77. The molecule has 2 aromatic rings. The first-order valence-corrected chi connectivity index (χ1v) is 11.7. The molecule has 0 saturated heterocycles. The van der Waals surface area contributed by atoms with Gasteiger partial charge in [0.25, 0.3) is 0 Å². The minimum absolute atomic E-state index is 0.0194. The number of guanidine groups is 1. The lowest BCUT2D eigenvalue weighted by Gasteiger charge is -2.45. The van der Waals surface area contributed by atoms with Crippen molar-refractivity contribution >= 4 is 35.0 Å². The standard InChI is InChI=1S/C24H33N7O3/c1-16(25)22(34)31(17-8-3-2-4-9-17)24(15-32,12-7-13-28-23(26)27)21(33)20-14-29-18-10-5-6-11-19(18)30-20/h5-6,10-11,14-17H,2-4,7-9,12-13,25H2,1H3,(H4,26,27,28)/t16-,24-/m0/s1. The lowest BCUT2D eigenvalue weighted by Crippen LogP contribution is -2.65. The normalized spacial score (nSPS) is 16.9. The number of ketones is 1. The molecule has 0 radical (unpaired) electrons. The molecule has 6 N–H and O–H groups in total. The van der Waals surface area contributed by atoms with Gasteiger partial charge in [0, 0.05) is 12.6 Å². The number of hydrogen-bond acceptors (Lipinski definition) is 7. The van der Waals surface area contributed by atoms with Gasteiger partial charge in [-0.15, -0.1) is 0 Å². The fourth-order valence-corrected chi connectivity index (χ4v) is 4.62. The number of hydrogen-bond donors (Lipinski definition) is 3. The van der Waals surface area contributed by atoms with Crippen molar-refractivity contribution in [2.75, 3.05) is 6.54 Å². The average Bonchev–Trinajstić information content (AvgIpc) is 2.85. The van der Waals surface area contributed by atoms with Gasteiger partial charge in [0.15, 0.2) is 17.8 Å². The molecule has 10 nitrogen and oxygen atoms in total. The van der Waals surface area contributed by atoms with E-state index >= 15 is 0 Å². The Labute approximate surface area is 199 Å². The maximum Gasteiger partial charge on any atom is 0.240 e. The molecule has 1 fully saturated rings. The molecule has 1 amide bonds. The first-order valence-electron chi connectivity index (χ1n) is 11.7. The van der Waals surface area contributed by atoms with E-state index in [1.54, 1.807) is 25.1 Å². The third kappa shape index (κ3) is 5.39. The Morgan fingerprint density at radius 1 is 1.21 bits per heavy atom. The summed E-state index contributed by atoms with van der Waals surface area (Å²) in [5.74, 6) is -1.10. The molecule has 1 saturated carbocycles. The number of fused-ring (bicyclic) bond motifs is 1. The summed E-state index contributed by atoms with van der Waals surface area (Å²) in [5, 5.41) is 0. The number of para-hydroxylation sites is 2. The summed E-state index contributed by atoms with van der Waals surface area (Å²) >= 11 is 0. The van der Waals surface area contributed by atoms with E-state index in [0.29, 0.717) is 36.6 Å². The van der Waals surface area contributed by atoms with Crippen LogP contribution in [0.1, 0.15) is 62.4 Å². The molecular weight excluding hydrogens is 434 g/mol. The van der Waals surface area contributed by atoms with Crippen LogP contribution in [-0.2, 0) is 9.59 Å².